The Kier molecular flexibility index (Phi) is 14.3. The number of rotatable bonds is 16. The molecule has 0 aliphatic carbocycles. The molecule has 0 radical (unpaired) electrons. The number of thioether (sulfide) groups is 2. The maximum absolute atomic E-state index is 14.2. The van der Waals surface area contributed by atoms with E-state index in [0.717, 1.165) is 63.5 Å². The number of likely N-dealkylation sites (tertiary alicyclic amines) is 2. The molecule has 2 fully saturated rings. The summed E-state index contributed by atoms with van der Waals surface area (Å²) >= 11 is 3.48. The van der Waals surface area contributed by atoms with E-state index in [0.29, 0.717) is 31.5 Å². The number of nitrogens with zero attached hydrogens (tertiary/aromatic N) is 4. The van der Waals surface area contributed by atoms with Gasteiger partial charge >= 0.3 is 6.09 Å². The van der Waals surface area contributed by atoms with Gasteiger partial charge in [0.05, 0.1) is 37.0 Å². The van der Waals surface area contributed by atoms with Crippen LogP contribution in [0.3, 0.4) is 0 Å². The highest BCUT2D eigenvalue weighted by Crippen LogP contribution is 2.39. The van der Waals surface area contributed by atoms with Gasteiger partial charge in [-0.15, -0.1) is 0 Å². The molecular weight excluding hydrogens is 847 g/mol. The average molecular weight is 898 g/mol. The number of allylic oxidation sites excluding steroid dienone is 1. The molecule has 0 saturated carbocycles. The molecule has 3 aliphatic heterocycles. The standard InChI is InChI=1S/C49H51N7O6S2/c1-60-49(59)54-45(36-12-8-5-9-13-36)48(58)55-27-38(63-2)23-43(55)41-22-37(25-51-41)33-16-14-31(15-17-33)32-18-20-35(21-19-32)42-26-52-46(53-42)44-24-39(64-3)28-56(44)47(57)40(29-61-62-30-50)34-10-6-4-7-11-34/h4-21,25-26,30,38-40,43-45,50H,22-24,27-29H2,1-3H3,(H,52,53)(H,54,59)/t38-,39-,40-,43-,44-,45-/m0/s1. The molecule has 0 unspecified atom stereocenters. The van der Waals surface area contributed by atoms with Gasteiger partial charge in [0, 0.05) is 41.9 Å². The van der Waals surface area contributed by atoms with E-state index >= 15 is 0 Å². The second-order valence-electron chi connectivity index (χ2n) is 15.9. The third-order valence-electron chi connectivity index (χ3n) is 12.3. The van der Waals surface area contributed by atoms with Crippen molar-refractivity contribution < 1.29 is 28.9 Å². The molecule has 3 aliphatic rings. The summed E-state index contributed by atoms with van der Waals surface area (Å²) in [5.74, 6) is -0.125. The van der Waals surface area contributed by atoms with Gasteiger partial charge in [-0.25, -0.2) is 9.78 Å². The van der Waals surface area contributed by atoms with Gasteiger partial charge in [0.15, 0.2) is 0 Å². The summed E-state index contributed by atoms with van der Waals surface area (Å²) < 4.78 is 4.88. The Balaban J connectivity index is 0.923. The number of carbonyl (C=O) groups excluding carboxylic acids is 3. The van der Waals surface area contributed by atoms with Crippen LogP contribution < -0.4 is 5.32 Å². The molecule has 13 nitrogen and oxygen atoms in total. The zero-order valence-corrected chi connectivity index (χ0v) is 37.5. The van der Waals surface area contributed by atoms with Crippen LogP contribution >= 0.6 is 23.5 Å². The quantitative estimate of drug-likeness (QED) is 0.0289. The predicted molar refractivity (Wildman–Crippen MR) is 253 cm³/mol. The molecular formula is C49H51N7O6S2. The maximum atomic E-state index is 14.2. The molecule has 3 N–H and O–H groups in total. The van der Waals surface area contributed by atoms with E-state index in [1.165, 1.54) is 7.11 Å². The lowest BCUT2D eigenvalue weighted by atomic mass is 9.96. The van der Waals surface area contributed by atoms with Crippen molar-refractivity contribution in [3.63, 3.8) is 0 Å². The molecule has 3 amide bonds. The lowest BCUT2D eigenvalue weighted by Crippen LogP contribution is -2.47. The van der Waals surface area contributed by atoms with Crippen molar-refractivity contribution in [1.29, 1.82) is 5.41 Å². The van der Waals surface area contributed by atoms with Crippen molar-refractivity contribution in [2.24, 2.45) is 4.99 Å². The van der Waals surface area contributed by atoms with Crippen LogP contribution in [0.4, 0.5) is 4.79 Å². The van der Waals surface area contributed by atoms with E-state index in [1.807, 2.05) is 82.9 Å². The van der Waals surface area contributed by atoms with Crippen LogP contribution in [0.5, 0.6) is 0 Å². The Bertz CT molecular complexity index is 2480. The number of imidazole rings is 1. The first-order valence-electron chi connectivity index (χ1n) is 21.2. The number of ether oxygens (including phenoxy) is 1. The maximum Gasteiger partial charge on any atom is 0.407 e. The zero-order valence-electron chi connectivity index (χ0n) is 35.9. The molecule has 4 aromatic carbocycles. The molecule has 330 valence electrons. The molecule has 2 saturated heterocycles. The van der Waals surface area contributed by atoms with Gasteiger partial charge in [-0.1, -0.05) is 109 Å². The van der Waals surface area contributed by atoms with Crippen LogP contribution in [0.25, 0.3) is 28.0 Å². The smallest absolute Gasteiger partial charge is 0.407 e. The minimum absolute atomic E-state index is 0.0192. The zero-order chi connectivity index (χ0) is 44.6. The van der Waals surface area contributed by atoms with Gasteiger partial charge in [-0.05, 0) is 64.3 Å². The summed E-state index contributed by atoms with van der Waals surface area (Å²) in [6.07, 6.45) is 10.1. The number of methoxy groups -OCH3 is 1. The van der Waals surface area contributed by atoms with Gasteiger partial charge in [0.25, 0.3) is 5.91 Å². The molecule has 5 aromatic rings. The van der Waals surface area contributed by atoms with Crippen LogP contribution in [0.1, 0.15) is 59.8 Å². The topological polar surface area (TPSA) is 162 Å². The van der Waals surface area contributed by atoms with Gasteiger partial charge in [-0.2, -0.15) is 28.4 Å². The highest BCUT2D eigenvalue weighted by Gasteiger charge is 2.43. The van der Waals surface area contributed by atoms with E-state index in [9.17, 15) is 14.4 Å². The average Bonchev–Trinajstić information content (AvgIpc) is 4.19. The van der Waals surface area contributed by atoms with E-state index in [1.54, 1.807) is 23.5 Å². The second-order valence-corrected chi connectivity index (χ2v) is 18.2. The molecule has 0 bridgehead atoms. The van der Waals surface area contributed by atoms with E-state index in [2.05, 4.69) is 71.3 Å². The van der Waals surface area contributed by atoms with Crippen molar-refractivity contribution in [2.45, 2.75) is 53.8 Å². The summed E-state index contributed by atoms with van der Waals surface area (Å²) in [4.78, 5) is 67.7. The third-order valence-corrected chi connectivity index (χ3v) is 14.3. The van der Waals surface area contributed by atoms with Gasteiger partial charge in [0.2, 0.25) is 12.3 Å². The summed E-state index contributed by atoms with van der Waals surface area (Å²) in [6.45, 7) is 1.13. The monoisotopic (exact) mass is 897 g/mol. The number of hydrogen-bond donors (Lipinski definition) is 3. The number of aromatic nitrogens is 2. The normalized spacial score (nSPS) is 20.3. The van der Waals surface area contributed by atoms with Crippen molar-refractivity contribution in [3.05, 3.63) is 144 Å². The lowest BCUT2D eigenvalue weighted by molar-refractivity contribution is -0.221. The number of nitrogens with one attached hydrogen (secondary N) is 3. The Morgan fingerprint density at radius 3 is 1.98 bits per heavy atom. The van der Waals surface area contributed by atoms with Crippen LogP contribution in [0.15, 0.2) is 127 Å². The fraction of sp³-hybridized carbons (Fsp3) is 0.306. The second kappa shape index (κ2) is 20.6. The molecule has 0 spiro atoms. The first kappa shape index (κ1) is 44.4. The first-order chi connectivity index (χ1) is 31.3. The number of aliphatic imine (C=N–C) groups is 1. The highest BCUT2D eigenvalue weighted by molar-refractivity contribution is 7.99. The number of alkyl carbamates (subject to hydrolysis) is 1. The van der Waals surface area contributed by atoms with Crippen LogP contribution in [-0.4, -0.2) is 106 Å². The molecule has 4 heterocycles. The number of H-pyrrole nitrogens is 1. The van der Waals surface area contributed by atoms with E-state index in [4.69, 9.17) is 29.9 Å². The van der Waals surface area contributed by atoms with E-state index in [-0.39, 0.29) is 41.0 Å². The molecule has 8 rings (SSSR count). The fourth-order valence-corrected chi connectivity index (χ4v) is 10.2. The van der Waals surface area contributed by atoms with Gasteiger partial charge in [-0.3, -0.25) is 20.0 Å². The van der Waals surface area contributed by atoms with Crippen molar-refractivity contribution in [1.82, 2.24) is 25.1 Å². The highest BCUT2D eigenvalue weighted by atomic mass is 32.2. The molecule has 64 heavy (non-hydrogen) atoms. The molecule has 6 atom stereocenters. The molecule has 15 heteroatoms. The van der Waals surface area contributed by atoms with Gasteiger partial charge in [0.1, 0.15) is 18.5 Å². The van der Waals surface area contributed by atoms with Crippen molar-refractivity contribution in [3.8, 4) is 22.4 Å². The largest absolute Gasteiger partial charge is 0.453 e. The van der Waals surface area contributed by atoms with Gasteiger partial charge < -0.3 is 29.7 Å². The summed E-state index contributed by atoms with van der Waals surface area (Å²) in [7, 11) is 1.29. The summed E-state index contributed by atoms with van der Waals surface area (Å²) in [5.41, 5.74) is 8.61. The fourth-order valence-electron chi connectivity index (χ4n) is 8.81. The minimum Gasteiger partial charge on any atom is -0.453 e. The Morgan fingerprint density at radius 1 is 0.797 bits per heavy atom. The third kappa shape index (κ3) is 9.81. The Morgan fingerprint density at radius 2 is 1.38 bits per heavy atom. The summed E-state index contributed by atoms with van der Waals surface area (Å²) in [6, 6.07) is 34.3. The number of aromatic amines is 1. The number of amides is 3. The van der Waals surface area contributed by atoms with Crippen LogP contribution in [0, 0.1) is 5.41 Å². The Labute approximate surface area is 381 Å². The Hall–Kier alpha value is -6.16. The van der Waals surface area contributed by atoms with Crippen molar-refractivity contribution in [2.75, 3.05) is 39.3 Å². The minimum atomic E-state index is -0.876. The lowest BCUT2D eigenvalue weighted by Gasteiger charge is -2.29. The number of carbonyl (C=O) groups is 3. The first-order valence-corrected chi connectivity index (χ1v) is 23.8. The van der Waals surface area contributed by atoms with Crippen LogP contribution in [0.2, 0.25) is 0 Å². The predicted octanol–water partition coefficient (Wildman–Crippen LogP) is 8.70. The van der Waals surface area contributed by atoms with Crippen molar-refractivity contribution >= 4 is 59.1 Å². The van der Waals surface area contributed by atoms with E-state index < -0.39 is 18.1 Å². The summed E-state index contributed by atoms with van der Waals surface area (Å²) in [5, 5.41) is 10.4. The number of hydrogen-bond acceptors (Lipinski definition) is 11. The molecule has 1 aromatic heterocycles. The number of benzene rings is 4. The van der Waals surface area contributed by atoms with Crippen LogP contribution in [-0.2, 0) is 24.1 Å². The SMILES string of the molecule is COC(=O)N[C@H](C(=O)N1C[C@@H](SC)C[C@H]1C1=NC=C(c2ccc(-c3ccc(-c4cnc([C@@H]5C[C@H](SC)CN5C(=O)[C@@H](COOC=N)c5ccccc5)[nH]4)cc3)cc2)C1)c1ccccc1.